The second-order valence-electron chi connectivity index (χ2n) is 3.54. The number of carbonyl (C=O) groups excluding carboxylic acids is 1. The maximum absolute atomic E-state index is 13.1. The summed E-state index contributed by atoms with van der Waals surface area (Å²) in [6, 6.07) is 3.87. The fourth-order valence-corrected chi connectivity index (χ4v) is 3.58. The molecule has 0 aromatic heterocycles. The molecule has 3 nitrogen and oxygen atoms in total. The summed E-state index contributed by atoms with van der Waals surface area (Å²) >= 11 is 4.82. The largest absolute Gasteiger partial charge is 0.544 e. The zero-order valence-corrected chi connectivity index (χ0v) is 10.6. The van der Waals surface area contributed by atoms with Gasteiger partial charge in [0.05, 0.1) is 5.75 Å². The first-order chi connectivity index (χ1) is 7.58. The van der Waals surface area contributed by atoms with Crippen LogP contribution in [0.2, 0.25) is 0 Å². The Morgan fingerprint density at radius 1 is 1.62 bits per heavy atom. The molecule has 0 unspecified atom stereocenters. The SMILES string of the molecule is O=C([O-])[C@H]1CS[C@@H](c2cc(F)ccc2Br)[NH2+]1. The van der Waals surface area contributed by atoms with Crippen molar-refractivity contribution in [1.29, 1.82) is 0 Å². The highest BCUT2D eigenvalue weighted by Crippen LogP contribution is 2.32. The van der Waals surface area contributed by atoms with Crippen molar-refractivity contribution in [3.05, 3.63) is 34.1 Å². The Hall–Kier alpha value is -0.590. The predicted octanol–water partition coefficient (Wildman–Crippen LogP) is 0.0155. The highest BCUT2D eigenvalue weighted by Gasteiger charge is 2.32. The Morgan fingerprint density at radius 3 is 3.00 bits per heavy atom. The van der Waals surface area contributed by atoms with Gasteiger partial charge in [-0.2, -0.15) is 0 Å². The third-order valence-electron chi connectivity index (χ3n) is 2.43. The molecule has 0 bridgehead atoms. The molecule has 2 N–H and O–H groups in total. The summed E-state index contributed by atoms with van der Waals surface area (Å²) in [5.41, 5.74) is 0.772. The van der Waals surface area contributed by atoms with Crippen LogP contribution in [0.15, 0.2) is 22.7 Å². The molecule has 2 atom stereocenters. The molecule has 1 heterocycles. The number of benzene rings is 1. The predicted molar refractivity (Wildman–Crippen MR) is 60.0 cm³/mol. The molecule has 2 rings (SSSR count). The molecule has 1 aliphatic rings. The second-order valence-corrected chi connectivity index (χ2v) is 5.57. The van der Waals surface area contributed by atoms with E-state index in [9.17, 15) is 14.3 Å². The van der Waals surface area contributed by atoms with Crippen LogP contribution in [0.3, 0.4) is 0 Å². The summed E-state index contributed by atoms with van der Waals surface area (Å²) in [6.45, 7) is 0. The maximum atomic E-state index is 13.1. The van der Waals surface area contributed by atoms with Gasteiger partial charge in [0.1, 0.15) is 17.8 Å². The average molecular weight is 306 g/mol. The lowest BCUT2D eigenvalue weighted by molar-refractivity contribution is -0.690. The number of quaternary nitrogens is 1. The summed E-state index contributed by atoms with van der Waals surface area (Å²) in [5, 5.41) is 12.3. The van der Waals surface area contributed by atoms with Crippen molar-refractivity contribution >= 4 is 33.7 Å². The van der Waals surface area contributed by atoms with Gasteiger partial charge in [0.15, 0.2) is 5.37 Å². The molecule has 0 spiro atoms. The summed E-state index contributed by atoms with van der Waals surface area (Å²) in [7, 11) is 0. The van der Waals surface area contributed by atoms with Crippen LogP contribution in [0.1, 0.15) is 10.9 Å². The standard InChI is InChI=1S/C10H9BrFNO2S/c11-7-2-1-5(12)3-6(7)9-13-8(4-16-9)10(14)15/h1-3,8-9,13H,4H2,(H,14,15)/t8-,9+/m1/s1. The quantitative estimate of drug-likeness (QED) is 0.838. The molecule has 16 heavy (non-hydrogen) atoms. The van der Waals surface area contributed by atoms with Crippen LogP contribution in [0.5, 0.6) is 0 Å². The van der Waals surface area contributed by atoms with Gasteiger partial charge in [-0.15, -0.1) is 0 Å². The first kappa shape index (κ1) is 11.9. The molecular formula is C10H9BrFNO2S. The van der Waals surface area contributed by atoms with E-state index in [0.717, 1.165) is 10.0 Å². The lowest BCUT2D eigenvalue weighted by Crippen LogP contribution is -2.90. The number of hydrogen-bond donors (Lipinski definition) is 1. The Balaban J connectivity index is 2.20. The van der Waals surface area contributed by atoms with E-state index in [2.05, 4.69) is 15.9 Å². The smallest absolute Gasteiger partial charge is 0.160 e. The van der Waals surface area contributed by atoms with Gasteiger partial charge in [-0.05, 0) is 18.2 Å². The van der Waals surface area contributed by atoms with Crippen molar-refractivity contribution in [2.75, 3.05) is 5.75 Å². The number of halogens is 2. The van der Waals surface area contributed by atoms with Crippen LogP contribution in [0.4, 0.5) is 4.39 Å². The fourth-order valence-electron chi connectivity index (χ4n) is 1.60. The average Bonchev–Trinajstić information content (AvgIpc) is 2.70. The van der Waals surface area contributed by atoms with Crippen LogP contribution in [-0.4, -0.2) is 17.8 Å². The molecule has 1 aromatic rings. The van der Waals surface area contributed by atoms with Crippen molar-refractivity contribution in [3.63, 3.8) is 0 Å². The van der Waals surface area contributed by atoms with E-state index in [1.807, 2.05) is 0 Å². The van der Waals surface area contributed by atoms with E-state index in [0.29, 0.717) is 5.75 Å². The van der Waals surface area contributed by atoms with E-state index in [1.54, 1.807) is 11.4 Å². The highest BCUT2D eigenvalue weighted by molar-refractivity contribution is 9.10. The van der Waals surface area contributed by atoms with E-state index < -0.39 is 12.0 Å². The number of carboxylic acids is 1. The van der Waals surface area contributed by atoms with Gasteiger partial charge in [-0.3, -0.25) is 0 Å². The lowest BCUT2D eigenvalue weighted by Gasteiger charge is -2.12. The van der Waals surface area contributed by atoms with Crippen molar-refractivity contribution in [1.82, 2.24) is 0 Å². The van der Waals surface area contributed by atoms with Gasteiger partial charge in [0.2, 0.25) is 0 Å². The molecule has 0 amide bonds. The summed E-state index contributed by atoms with van der Waals surface area (Å²) in [6.07, 6.45) is 0. The molecule has 0 saturated carbocycles. The number of rotatable bonds is 2. The third-order valence-corrected chi connectivity index (χ3v) is 4.47. The Kier molecular flexibility index (Phi) is 3.51. The van der Waals surface area contributed by atoms with Gasteiger partial charge < -0.3 is 15.2 Å². The summed E-state index contributed by atoms with van der Waals surface area (Å²) in [5.74, 6) is -0.901. The molecule has 0 radical (unpaired) electrons. The van der Waals surface area contributed by atoms with E-state index in [1.165, 1.54) is 23.9 Å². The molecule has 1 aromatic carbocycles. The fraction of sp³-hybridized carbons (Fsp3) is 0.300. The molecule has 1 saturated heterocycles. The molecule has 6 heteroatoms. The highest BCUT2D eigenvalue weighted by atomic mass is 79.9. The Labute approximate surface area is 105 Å². The number of thioether (sulfide) groups is 1. The third kappa shape index (κ3) is 2.39. The first-order valence-electron chi connectivity index (χ1n) is 4.70. The summed E-state index contributed by atoms with van der Waals surface area (Å²) in [4.78, 5) is 10.7. The van der Waals surface area contributed by atoms with E-state index >= 15 is 0 Å². The maximum Gasteiger partial charge on any atom is 0.160 e. The molecule has 1 fully saturated rings. The summed E-state index contributed by atoms with van der Waals surface area (Å²) < 4.78 is 13.9. The normalized spacial score (nSPS) is 24.6. The van der Waals surface area contributed by atoms with Gasteiger partial charge >= 0.3 is 0 Å². The number of carbonyl (C=O) groups is 1. The minimum atomic E-state index is -1.07. The van der Waals surface area contributed by atoms with Crippen molar-refractivity contribution < 1.29 is 19.6 Å². The van der Waals surface area contributed by atoms with E-state index in [-0.39, 0.29) is 11.2 Å². The number of carboxylic acid groups (broad SMARTS) is 1. The van der Waals surface area contributed by atoms with Gasteiger partial charge in [-0.25, -0.2) is 4.39 Å². The van der Waals surface area contributed by atoms with Crippen LogP contribution in [-0.2, 0) is 4.79 Å². The van der Waals surface area contributed by atoms with Crippen LogP contribution >= 0.6 is 27.7 Å². The monoisotopic (exact) mass is 305 g/mol. The second kappa shape index (κ2) is 4.73. The number of aliphatic carboxylic acids is 1. The van der Waals surface area contributed by atoms with Crippen molar-refractivity contribution in [2.45, 2.75) is 11.4 Å². The zero-order chi connectivity index (χ0) is 11.7. The molecule has 0 aliphatic carbocycles. The van der Waals surface area contributed by atoms with Crippen molar-refractivity contribution in [3.8, 4) is 0 Å². The lowest BCUT2D eigenvalue weighted by atomic mass is 10.2. The van der Waals surface area contributed by atoms with Gasteiger partial charge in [0, 0.05) is 10.0 Å². The molecular weight excluding hydrogens is 297 g/mol. The van der Waals surface area contributed by atoms with Gasteiger partial charge in [0.25, 0.3) is 0 Å². The number of nitrogens with two attached hydrogens (primary N) is 1. The van der Waals surface area contributed by atoms with Crippen LogP contribution < -0.4 is 10.4 Å². The van der Waals surface area contributed by atoms with Crippen LogP contribution in [0, 0.1) is 5.82 Å². The molecule has 86 valence electrons. The first-order valence-corrected chi connectivity index (χ1v) is 6.54. The number of hydrogen-bond acceptors (Lipinski definition) is 3. The minimum Gasteiger partial charge on any atom is -0.544 e. The Morgan fingerprint density at radius 2 is 2.38 bits per heavy atom. The zero-order valence-electron chi connectivity index (χ0n) is 8.15. The van der Waals surface area contributed by atoms with E-state index in [4.69, 9.17) is 0 Å². The van der Waals surface area contributed by atoms with Crippen LogP contribution in [0.25, 0.3) is 0 Å². The Bertz CT molecular complexity index is 429. The van der Waals surface area contributed by atoms with Gasteiger partial charge in [-0.1, -0.05) is 27.7 Å². The minimum absolute atomic E-state index is 0.0898. The van der Waals surface area contributed by atoms with Crippen molar-refractivity contribution in [2.24, 2.45) is 0 Å². The topological polar surface area (TPSA) is 56.7 Å². The molecule has 1 aliphatic heterocycles.